The van der Waals surface area contributed by atoms with Crippen LogP contribution in [0.3, 0.4) is 0 Å². The molecule has 2 aliphatic carbocycles. The maximum Gasteiger partial charge on any atom is 0.227 e. The molecular weight excluding hydrogens is 324 g/mol. The first-order chi connectivity index (χ1) is 12.4. The number of carbonyl (C=O) groups is 2. The Kier molecular flexibility index (Phi) is 6.00. The Morgan fingerprint density at radius 3 is 1.85 bits per heavy atom. The van der Waals surface area contributed by atoms with E-state index >= 15 is 0 Å². The Morgan fingerprint density at radius 2 is 1.31 bits per heavy atom. The normalized spacial score (nSPS) is 23.7. The average Bonchev–Trinajstić information content (AvgIpc) is 3.11. The van der Waals surface area contributed by atoms with Crippen LogP contribution in [0, 0.1) is 32.6 Å². The van der Waals surface area contributed by atoms with Crippen LogP contribution in [-0.2, 0) is 9.59 Å². The van der Waals surface area contributed by atoms with E-state index in [1.165, 1.54) is 18.4 Å². The number of rotatable bonds is 4. The van der Waals surface area contributed by atoms with Gasteiger partial charge in [-0.25, -0.2) is 0 Å². The molecule has 4 heteroatoms. The third-order valence-corrected chi connectivity index (χ3v) is 6.10. The van der Waals surface area contributed by atoms with Gasteiger partial charge in [-0.1, -0.05) is 30.5 Å². The van der Waals surface area contributed by atoms with Gasteiger partial charge in [0.1, 0.15) is 0 Å². The molecule has 3 rings (SSSR count). The predicted molar refractivity (Wildman–Crippen MR) is 105 cm³/mol. The molecule has 0 radical (unpaired) electrons. The van der Waals surface area contributed by atoms with E-state index in [0.29, 0.717) is 6.04 Å². The SMILES string of the molecule is Cc1cc(C)c(NC(=O)C2CCC(C(=O)NC3CCCC3)CC2)c(C)c1. The lowest BCUT2D eigenvalue weighted by molar-refractivity contribution is -0.129. The van der Waals surface area contributed by atoms with Gasteiger partial charge in [-0.3, -0.25) is 9.59 Å². The van der Waals surface area contributed by atoms with E-state index in [4.69, 9.17) is 0 Å². The molecule has 0 spiro atoms. The summed E-state index contributed by atoms with van der Waals surface area (Å²) in [6.45, 7) is 6.16. The van der Waals surface area contributed by atoms with Crippen molar-refractivity contribution in [3.63, 3.8) is 0 Å². The van der Waals surface area contributed by atoms with Crippen molar-refractivity contribution in [1.29, 1.82) is 0 Å². The fourth-order valence-electron chi connectivity index (χ4n) is 4.61. The molecular formula is C22H32N2O2. The van der Waals surface area contributed by atoms with Crippen LogP contribution in [0.15, 0.2) is 12.1 Å². The van der Waals surface area contributed by atoms with Gasteiger partial charge in [-0.15, -0.1) is 0 Å². The van der Waals surface area contributed by atoms with Crippen LogP contribution in [0.1, 0.15) is 68.1 Å². The molecule has 0 unspecified atom stereocenters. The van der Waals surface area contributed by atoms with E-state index in [2.05, 4.69) is 29.7 Å². The van der Waals surface area contributed by atoms with E-state index in [1.807, 2.05) is 13.8 Å². The summed E-state index contributed by atoms with van der Waals surface area (Å²) in [6.07, 6.45) is 7.96. The molecule has 0 aliphatic heterocycles. The fourth-order valence-corrected chi connectivity index (χ4v) is 4.61. The summed E-state index contributed by atoms with van der Waals surface area (Å²) in [7, 11) is 0. The zero-order valence-corrected chi connectivity index (χ0v) is 16.4. The second kappa shape index (κ2) is 8.24. The third-order valence-electron chi connectivity index (χ3n) is 6.10. The van der Waals surface area contributed by atoms with Crippen LogP contribution in [0.4, 0.5) is 5.69 Å². The molecule has 142 valence electrons. The Morgan fingerprint density at radius 1 is 0.808 bits per heavy atom. The van der Waals surface area contributed by atoms with Crippen LogP contribution in [-0.4, -0.2) is 17.9 Å². The maximum atomic E-state index is 12.7. The van der Waals surface area contributed by atoms with E-state index < -0.39 is 0 Å². The first kappa shape index (κ1) is 18.9. The van der Waals surface area contributed by atoms with Gasteiger partial charge >= 0.3 is 0 Å². The molecule has 2 N–H and O–H groups in total. The minimum absolute atomic E-state index is 0.0191. The monoisotopic (exact) mass is 356 g/mol. The van der Waals surface area contributed by atoms with Crippen LogP contribution in [0.5, 0.6) is 0 Å². The number of aryl methyl sites for hydroxylation is 3. The molecule has 2 saturated carbocycles. The second-order valence-electron chi connectivity index (χ2n) is 8.30. The summed E-state index contributed by atoms with van der Waals surface area (Å²) >= 11 is 0. The fraction of sp³-hybridized carbons (Fsp3) is 0.636. The number of nitrogens with one attached hydrogen (secondary N) is 2. The van der Waals surface area contributed by atoms with Crippen LogP contribution < -0.4 is 10.6 Å². The van der Waals surface area contributed by atoms with Crippen molar-refractivity contribution < 1.29 is 9.59 Å². The topological polar surface area (TPSA) is 58.2 Å². The van der Waals surface area contributed by atoms with Gasteiger partial charge in [0.15, 0.2) is 0 Å². The van der Waals surface area contributed by atoms with E-state index in [-0.39, 0.29) is 23.7 Å². The van der Waals surface area contributed by atoms with Crippen LogP contribution in [0.2, 0.25) is 0 Å². The van der Waals surface area contributed by atoms with Gasteiger partial charge in [-0.05, 0) is 70.4 Å². The summed E-state index contributed by atoms with van der Waals surface area (Å²) < 4.78 is 0. The van der Waals surface area contributed by atoms with Gasteiger partial charge in [0, 0.05) is 23.6 Å². The molecule has 0 saturated heterocycles. The van der Waals surface area contributed by atoms with Crippen molar-refractivity contribution in [3.8, 4) is 0 Å². The smallest absolute Gasteiger partial charge is 0.227 e. The second-order valence-corrected chi connectivity index (χ2v) is 8.30. The Hall–Kier alpha value is -1.84. The van der Waals surface area contributed by atoms with Gasteiger partial charge in [0.05, 0.1) is 0 Å². The molecule has 2 fully saturated rings. The molecule has 0 heterocycles. The van der Waals surface area contributed by atoms with Gasteiger partial charge in [0.25, 0.3) is 0 Å². The van der Waals surface area contributed by atoms with Crippen molar-refractivity contribution in [3.05, 3.63) is 28.8 Å². The summed E-state index contributed by atoms with van der Waals surface area (Å²) in [6, 6.07) is 4.59. The van der Waals surface area contributed by atoms with Gasteiger partial charge in [0.2, 0.25) is 11.8 Å². The highest BCUT2D eigenvalue weighted by atomic mass is 16.2. The first-order valence-electron chi connectivity index (χ1n) is 10.1. The summed E-state index contributed by atoms with van der Waals surface area (Å²) in [5, 5.41) is 6.35. The third kappa shape index (κ3) is 4.46. The highest BCUT2D eigenvalue weighted by Gasteiger charge is 2.31. The highest BCUT2D eigenvalue weighted by molar-refractivity contribution is 5.94. The van der Waals surface area contributed by atoms with E-state index in [1.54, 1.807) is 0 Å². The van der Waals surface area contributed by atoms with Gasteiger partial charge < -0.3 is 10.6 Å². The summed E-state index contributed by atoms with van der Waals surface area (Å²) in [4.78, 5) is 25.1. The number of benzene rings is 1. The first-order valence-corrected chi connectivity index (χ1v) is 10.1. The molecule has 0 atom stereocenters. The van der Waals surface area contributed by atoms with Crippen LogP contribution >= 0.6 is 0 Å². The van der Waals surface area contributed by atoms with Crippen molar-refractivity contribution in [2.24, 2.45) is 11.8 Å². The number of anilines is 1. The lowest BCUT2D eigenvalue weighted by atomic mass is 9.81. The molecule has 1 aromatic rings. The molecule has 0 aromatic heterocycles. The Balaban J connectivity index is 1.51. The molecule has 1 aromatic carbocycles. The number of hydrogen-bond donors (Lipinski definition) is 2. The van der Waals surface area contributed by atoms with E-state index in [9.17, 15) is 9.59 Å². The quantitative estimate of drug-likeness (QED) is 0.839. The maximum absolute atomic E-state index is 12.7. The van der Waals surface area contributed by atoms with Crippen LogP contribution in [0.25, 0.3) is 0 Å². The highest BCUT2D eigenvalue weighted by Crippen LogP contribution is 2.31. The summed E-state index contributed by atoms with van der Waals surface area (Å²) in [5.74, 6) is 0.420. The van der Waals surface area contributed by atoms with E-state index in [0.717, 1.165) is 55.3 Å². The standard InChI is InChI=1S/C22H32N2O2/c1-14-12-15(2)20(16(3)13-14)24-22(26)18-10-8-17(9-11-18)21(25)23-19-6-4-5-7-19/h12-13,17-19H,4-11H2,1-3H3,(H,23,25)(H,24,26). The minimum Gasteiger partial charge on any atom is -0.353 e. The largest absolute Gasteiger partial charge is 0.353 e. The molecule has 26 heavy (non-hydrogen) atoms. The molecule has 0 bridgehead atoms. The van der Waals surface area contributed by atoms with Gasteiger partial charge in [-0.2, -0.15) is 0 Å². The molecule has 4 nitrogen and oxygen atoms in total. The lowest BCUT2D eigenvalue weighted by Gasteiger charge is -2.28. The number of hydrogen-bond acceptors (Lipinski definition) is 2. The Labute approximate surface area is 157 Å². The molecule has 2 amide bonds. The number of amides is 2. The van der Waals surface area contributed by atoms with Crippen molar-refractivity contribution in [1.82, 2.24) is 5.32 Å². The predicted octanol–water partition coefficient (Wildman–Crippen LogP) is 4.42. The van der Waals surface area contributed by atoms with Crippen molar-refractivity contribution in [2.45, 2.75) is 78.2 Å². The minimum atomic E-state index is 0.0191. The van der Waals surface area contributed by atoms with Crippen molar-refractivity contribution >= 4 is 17.5 Å². The molecule has 2 aliphatic rings. The Bertz CT molecular complexity index is 646. The average molecular weight is 357 g/mol. The number of carbonyl (C=O) groups excluding carboxylic acids is 2. The summed E-state index contributed by atoms with van der Waals surface area (Å²) in [5.41, 5.74) is 4.38. The van der Waals surface area contributed by atoms with Crippen molar-refractivity contribution in [2.75, 3.05) is 5.32 Å². The lowest BCUT2D eigenvalue weighted by Crippen LogP contribution is -2.39. The zero-order valence-electron chi connectivity index (χ0n) is 16.4. The zero-order chi connectivity index (χ0) is 18.7.